The molecule has 4 aromatic rings. The number of hydrogen-bond acceptors (Lipinski definition) is 5. The quantitative estimate of drug-likeness (QED) is 0.526. The van der Waals surface area contributed by atoms with Gasteiger partial charge < -0.3 is 14.5 Å². The van der Waals surface area contributed by atoms with Crippen LogP contribution in [0.4, 0.5) is 5.69 Å². The van der Waals surface area contributed by atoms with Crippen molar-refractivity contribution in [1.29, 1.82) is 0 Å². The first kappa shape index (κ1) is 20.4. The van der Waals surface area contributed by atoms with Gasteiger partial charge in [-0.05, 0) is 48.4 Å². The van der Waals surface area contributed by atoms with Gasteiger partial charge in [-0.2, -0.15) is 0 Å². The Balaban J connectivity index is 1.35. The van der Waals surface area contributed by atoms with Crippen LogP contribution >= 0.6 is 0 Å². The maximum Gasteiger partial charge on any atom is 0.246 e. The van der Waals surface area contributed by atoms with Crippen LogP contribution in [0.1, 0.15) is 17.2 Å². The maximum atomic E-state index is 13.3. The molecule has 1 unspecified atom stereocenters. The first-order valence-corrected chi connectivity index (χ1v) is 10.8. The highest BCUT2D eigenvalue weighted by atomic mass is 16.5. The first-order chi connectivity index (χ1) is 15.7. The van der Waals surface area contributed by atoms with Gasteiger partial charge in [-0.3, -0.25) is 14.7 Å². The number of fused-ring (bicyclic) bond motifs is 1. The van der Waals surface area contributed by atoms with Crippen LogP contribution in [0.2, 0.25) is 0 Å². The summed E-state index contributed by atoms with van der Waals surface area (Å²) in [5.74, 6) is -0.0733. The van der Waals surface area contributed by atoms with Crippen LogP contribution in [0.5, 0.6) is 0 Å². The third kappa shape index (κ3) is 4.26. The van der Waals surface area contributed by atoms with Gasteiger partial charge in [0.1, 0.15) is 11.7 Å². The van der Waals surface area contributed by atoms with Gasteiger partial charge in [0.15, 0.2) is 0 Å². The van der Waals surface area contributed by atoms with Crippen molar-refractivity contribution in [2.24, 2.45) is 0 Å². The Bertz CT molecular complexity index is 1210. The summed E-state index contributed by atoms with van der Waals surface area (Å²) >= 11 is 0. The minimum absolute atomic E-state index is 0.0733. The standard InChI is InChI=1S/C25H25N5O2/c1-18-8-10-30-17-22(28-23(30)15-18)19-4-6-21(7-5-19)27-25(31)24(20-3-2-9-26-16-20)29-11-13-32-14-12-29/h2-10,15-17,24H,11-14H2,1H3,(H,27,31). The average molecular weight is 428 g/mol. The lowest BCUT2D eigenvalue weighted by molar-refractivity contribution is -0.123. The van der Waals surface area contributed by atoms with Crippen LogP contribution in [0.15, 0.2) is 73.3 Å². The Morgan fingerprint density at radius 3 is 2.69 bits per heavy atom. The number of anilines is 1. The van der Waals surface area contributed by atoms with Gasteiger partial charge >= 0.3 is 0 Å². The Labute approximate surface area is 186 Å². The van der Waals surface area contributed by atoms with Crippen molar-refractivity contribution in [3.05, 3.63) is 84.4 Å². The van der Waals surface area contributed by atoms with E-state index in [9.17, 15) is 4.79 Å². The monoisotopic (exact) mass is 427 g/mol. The zero-order chi connectivity index (χ0) is 21.9. The highest BCUT2D eigenvalue weighted by molar-refractivity contribution is 5.95. The molecule has 7 nitrogen and oxygen atoms in total. The van der Waals surface area contributed by atoms with E-state index in [0.29, 0.717) is 26.3 Å². The lowest BCUT2D eigenvalue weighted by atomic mass is 10.1. The summed E-state index contributed by atoms with van der Waals surface area (Å²) in [6.45, 7) is 4.72. The Kier molecular flexibility index (Phi) is 5.66. The lowest BCUT2D eigenvalue weighted by Crippen LogP contribution is -2.43. The van der Waals surface area contributed by atoms with E-state index in [-0.39, 0.29) is 5.91 Å². The molecule has 1 saturated heterocycles. The van der Waals surface area contributed by atoms with Gasteiger partial charge in [-0.15, -0.1) is 0 Å². The Hall–Kier alpha value is -3.55. The van der Waals surface area contributed by atoms with Gasteiger partial charge in [-0.1, -0.05) is 18.2 Å². The van der Waals surface area contributed by atoms with E-state index >= 15 is 0 Å². The molecule has 1 amide bonds. The average Bonchev–Trinajstić information content (AvgIpc) is 3.24. The van der Waals surface area contributed by atoms with Crippen molar-refractivity contribution in [1.82, 2.24) is 19.3 Å². The molecule has 0 radical (unpaired) electrons. The molecular formula is C25H25N5O2. The van der Waals surface area contributed by atoms with Crippen molar-refractivity contribution >= 4 is 17.2 Å². The molecule has 0 saturated carbocycles. The molecule has 1 atom stereocenters. The fraction of sp³-hybridized carbons (Fsp3) is 0.240. The van der Waals surface area contributed by atoms with Gasteiger partial charge in [0.05, 0.1) is 18.9 Å². The van der Waals surface area contributed by atoms with E-state index in [2.05, 4.69) is 34.3 Å². The SMILES string of the molecule is Cc1ccn2cc(-c3ccc(NC(=O)C(c4cccnc4)N4CCOCC4)cc3)nc2c1. The van der Waals surface area contributed by atoms with E-state index in [1.165, 1.54) is 5.56 Å². The van der Waals surface area contributed by atoms with Crippen LogP contribution in [-0.4, -0.2) is 51.5 Å². The summed E-state index contributed by atoms with van der Waals surface area (Å²) in [5, 5.41) is 3.08. The molecule has 0 spiro atoms. The molecule has 1 fully saturated rings. The number of pyridine rings is 2. The van der Waals surface area contributed by atoms with Gasteiger partial charge in [-0.25, -0.2) is 4.98 Å². The number of imidazole rings is 1. The summed E-state index contributed by atoms with van der Waals surface area (Å²) in [6.07, 6.45) is 7.50. The highest BCUT2D eigenvalue weighted by Crippen LogP contribution is 2.25. The maximum absolute atomic E-state index is 13.3. The predicted octanol–water partition coefficient (Wildman–Crippen LogP) is 3.72. The van der Waals surface area contributed by atoms with Crippen molar-refractivity contribution in [2.75, 3.05) is 31.6 Å². The third-order valence-corrected chi connectivity index (χ3v) is 5.72. The van der Waals surface area contributed by atoms with Gasteiger partial charge in [0.2, 0.25) is 5.91 Å². The molecule has 5 rings (SSSR count). The molecule has 3 aromatic heterocycles. The third-order valence-electron chi connectivity index (χ3n) is 5.72. The van der Waals surface area contributed by atoms with Crippen molar-refractivity contribution < 1.29 is 9.53 Å². The molecule has 0 aliphatic carbocycles. The van der Waals surface area contributed by atoms with E-state index < -0.39 is 6.04 Å². The number of nitrogens with one attached hydrogen (secondary N) is 1. The van der Waals surface area contributed by atoms with Crippen molar-refractivity contribution in [3.8, 4) is 11.3 Å². The second kappa shape index (κ2) is 8.90. The van der Waals surface area contributed by atoms with E-state index in [0.717, 1.165) is 28.2 Å². The first-order valence-electron chi connectivity index (χ1n) is 10.8. The fourth-order valence-corrected chi connectivity index (χ4v) is 4.06. The van der Waals surface area contributed by atoms with E-state index in [1.807, 2.05) is 53.2 Å². The minimum atomic E-state index is -0.408. The smallest absolute Gasteiger partial charge is 0.246 e. The van der Waals surface area contributed by atoms with Crippen LogP contribution in [-0.2, 0) is 9.53 Å². The minimum Gasteiger partial charge on any atom is -0.379 e. The molecular weight excluding hydrogens is 402 g/mol. The predicted molar refractivity (Wildman–Crippen MR) is 123 cm³/mol. The number of carbonyl (C=O) groups excluding carboxylic acids is 1. The van der Waals surface area contributed by atoms with Crippen LogP contribution in [0, 0.1) is 6.92 Å². The molecule has 162 valence electrons. The number of aryl methyl sites for hydroxylation is 1. The van der Waals surface area contributed by atoms with Crippen LogP contribution < -0.4 is 5.32 Å². The highest BCUT2D eigenvalue weighted by Gasteiger charge is 2.29. The Morgan fingerprint density at radius 2 is 1.94 bits per heavy atom. The number of benzene rings is 1. The van der Waals surface area contributed by atoms with Crippen LogP contribution in [0.25, 0.3) is 16.9 Å². The number of aromatic nitrogens is 3. The van der Waals surface area contributed by atoms with Crippen molar-refractivity contribution in [3.63, 3.8) is 0 Å². The van der Waals surface area contributed by atoms with Crippen LogP contribution in [0.3, 0.4) is 0 Å². The summed E-state index contributed by atoms with van der Waals surface area (Å²) < 4.78 is 7.48. The second-order valence-electron chi connectivity index (χ2n) is 8.00. The number of carbonyl (C=O) groups is 1. The number of nitrogens with zero attached hydrogens (tertiary/aromatic N) is 4. The zero-order valence-electron chi connectivity index (χ0n) is 17.9. The van der Waals surface area contributed by atoms with Gasteiger partial charge in [0, 0.05) is 49.1 Å². The van der Waals surface area contributed by atoms with E-state index in [1.54, 1.807) is 12.4 Å². The fourth-order valence-electron chi connectivity index (χ4n) is 4.06. The second-order valence-corrected chi connectivity index (χ2v) is 8.00. The van der Waals surface area contributed by atoms with E-state index in [4.69, 9.17) is 9.72 Å². The number of hydrogen-bond donors (Lipinski definition) is 1. The molecule has 1 aliphatic heterocycles. The van der Waals surface area contributed by atoms with Gasteiger partial charge in [0.25, 0.3) is 0 Å². The summed E-state index contributed by atoms with van der Waals surface area (Å²) in [5.41, 5.74) is 5.62. The van der Waals surface area contributed by atoms with Crippen molar-refractivity contribution in [2.45, 2.75) is 13.0 Å². The summed E-state index contributed by atoms with van der Waals surface area (Å²) in [6, 6.07) is 15.3. The summed E-state index contributed by atoms with van der Waals surface area (Å²) in [7, 11) is 0. The number of rotatable bonds is 5. The topological polar surface area (TPSA) is 71.8 Å². The number of morpholine rings is 1. The molecule has 32 heavy (non-hydrogen) atoms. The summed E-state index contributed by atoms with van der Waals surface area (Å²) in [4.78, 5) is 24.3. The zero-order valence-corrected chi connectivity index (χ0v) is 17.9. The molecule has 0 bridgehead atoms. The molecule has 1 aromatic carbocycles. The number of ether oxygens (including phenoxy) is 1. The normalized spacial score (nSPS) is 15.5. The number of amides is 1. The largest absolute Gasteiger partial charge is 0.379 e. The molecule has 1 aliphatic rings. The lowest BCUT2D eigenvalue weighted by Gasteiger charge is -2.33. The molecule has 1 N–H and O–H groups in total. The molecule has 4 heterocycles. The Morgan fingerprint density at radius 1 is 1.12 bits per heavy atom. The molecule has 7 heteroatoms.